The van der Waals surface area contributed by atoms with Crippen molar-refractivity contribution >= 4 is 27.8 Å². The van der Waals surface area contributed by atoms with Gasteiger partial charge in [-0.05, 0) is 52.3 Å². The summed E-state index contributed by atoms with van der Waals surface area (Å²) in [4.78, 5) is 13.8. The lowest BCUT2D eigenvalue weighted by molar-refractivity contribution is -0.384. The van der Waals surface area contributed by atoms with E-state index in [9.17, 15) is 10.1 Å². The molecule has 29 heavy (non-hydrogen) atoms. The fourth-order valence-electron chi connectivity index (χ4n) is 4.64. The van der Waals surface area contributed by atoms with Crippen LogP contribution < -0.4 is 4.90 Å². The van der Waals surface area contributed by atoms with Crippen LogP contribution in [0.15, 0.2) is 54.6 Å². The standard InChI is InChI=1S/C25H28N2O2/c1-24(2)13-14-25(3,4)20-16-23(27(28)29)22(15-19(20)24)26(5)21-12-8-10-17-9-6-7-11-18(17)21/h6-12,15-16H,13-14H2,1-5H3. The molecule has 0 N–H and O–H groups in total. The van der Waals surface area contributed by atoms with Crippen LogP contribution in [-0.4, -0.2) is 12.0 Å². The van der Waals surface area contributed by atoms with Crippen molar-refractivity contribution < 1.29 is 4.92 Å². The van der Waals surface area contributed by atoms with E-state index in [4.69, 9.17) is 0 Å². The van der Waals surface area contributed by atoms with Crippen LogP contribution in [0.1, 0.15) is 51.7 Å². The first-order valence-electron chi connectivity index (χ1n) is 10.2. The molecule has 0 bridgehead atoms. The van der Waals surface area contributed by atoms with Crippen molar-refractivity contribution in [2.24, 2.45) is 0 Å². The topological polar surface area (TPSA) is 46.4 Å². The maximum Gasteiger partial charge on any atom is 0.293 e. The van der Waals surface area contributed by atoms with Crippen molar-refractivity contribution in [2.75, 3.05) is 11.9 Å². The molecule has 0 fully saturated rings. The summed E-state index contributed by atoms with van der Waals surface area (Å²) in [5, 5.41) is 14.3. The third kappa shape index (κ3) is 3.17. The predicted molar refractivity (Wildman–Crippen MR) is 120 cm³/mol. The number of anilines is 2. The van der Waals surface area contributed by atoms with E-state index in [1.165, 1.54) is 5.56 Å². The lowest BCUT2D eigenvalue weighted by atomic mass is 9.63. The molecule has 150 valence electrons. The van der Waals surface area contributed by atoms with Gasteiger partial charge in [-0.1, -0.05) is 64.1 Å². The summed E-state index contributed by atoms with van der Waals surface area (Å²) < 4.78 is 0. The highest BCUT2D eigenvalue weighted by atomic mass is 16.6. The van der Waals surface area contributed by atoms with Crippen LogP contribution in [0.25, 0.3) is 10.8 Å². The van der Waals surface area contributed by atoms with E-state index in [2.05, 4.69) is 52.0 Å². The van der Waals surface area contributed by atoms with Crippen molar-refractivity contribution in [3.05, 3.63) is 75.8 Å². The van der Waals surface area contributed by atoms with Gasteiger partial charge in [-0.25, -0.2) is 0 Å². The molecule has 4 rings (SSSR count). The minimum atomic E-state index is -0.241. The van der Waals surface area contributed by atoms with Gasteiger partial charge in [-0.3, -0.25) is 10.1 Å². The Bertz CT molecular complexity index is 1110. The van der Waals surface area contributed by atoms with Gasteiger partial charge in [0, 0.05) is 24.2 Å². The molecule has 0 aliphatic heterocycles. The van der Waals surface area contributed by atoms with Crippen LogP contribution in [0, 0.1) is 10.1 Å². The van der Waals surface area contributed by atoms with Crippen LogP contribution in [0.4, 0.5) is 17.1 Å². The summed E-state index contributed by atoms with van der Waals surface area (Å²) in [6.45, 7) is 8.88. The second kappa shape index (κ2) is 6.58. The molecular weight excluding hydrogens is 360 g/mol. The molecule has 0 radical (unpaired) electrons. The lowest BCUT2D eigenvalue weighted by Gasteiger charge is -2.42. The molecule has 4 heteroatoms. The molecule has 0 heterocycles. The molecule has 0 saturated heterocycles. The van der Waals surface area contributed by atoms with Gasteiger partial charge < -0.3 is 4.90 Å². The van der Waals surface area contributed by atoms with Gasteiger partial charge in [0.2, 0.25) is 0 Å². The van der Waals surface area contributed by atoms with Crippen molar-refractivity contribution in [3.63, 3.8) is 0 Å². The number of hydrogen-bond acceptors (Lipinski definition) is 3. The maximum absolute atomic E-state index is 12.1. The third-order valence-corrected chi connectivity index (χ3v) is 6.63. The van der Waals surface area contributed by atoms with Gasteiger partial charge in [-0.15, -0.1) is 0 Å². The number of nitro benzene ring substituents is 1. The number of hydrogen-bond donors (Lipinski definition) is 0. The van der Waals surface area contributed by atoms with Crippen LogP contribution in [0.5, 0.6) is 0 Å². The highest BCUT2D eigenvalue weighted by Gasteiger charge is 2.39. The SMILES string of the molecule is CN(c1cc2c(cc1[N+](=O)[O-])C(C)(C)CCC2(C)C)c1cccc2ccccc12. The molecule has 1 aliphatic carbocycles. The average molecular weight is 389 g/mol. The molecule has 0 amide bonds. The van der Waals surface area contributed by atoms with Crippen LogP contribution >= 0.6 is 0 Å². The molecular formula is C25H28N2O2. The smallest absolute Gasteiger partial charge is 0.293 e. The molecule has 0 aromatic heterocycles. The largest absolute Gasteiger partial charge is 0.339 e. The van der Waals surface area contributed by atoms with Gasteiger partial charge in [0.25, 0.3) is 5.69 Å². The summed E-state index contributed by atoms with van der Waals surface area (Å²) >= 11 is 0. The summed E-state index contributed by atoms with van der Waals surface area (Å²) in [6, 6.07) is 18.2. The Morgan fingerprint density at radius 3 is 2.10 bits per heavy atom. The quantitative estimate of drug-likeness (QED) is 0.363. The number of fused-ring (bicyclic) bond motifs is 2. The second-order valence-corrected chi connectivity index (χ2v) is 9.47. The molecule has 3 aromatic carbocycles. The highest BCUT2D eigenvalue weighted by Crippen LogP contribution is 2.50. The second-order valence-electron chi connectivity index (χ2n) is 9.47. The third-order valence-electron chi connectivity index (χ3n) is 6.63. The van der Waals surface area contributed by atoms with E-state index in [-0.39, 0.29) is 21.4 Å². The Labute approximate surface area is 172 Å². The number of benzene rings is 3. The Balaban J connectivity index is 1.97. The first-order chi connectivity index (χ1) is 13.6. The summed E-state index contributed by atoms with van der Waals surface area (Å²) in [7, 11) is 1.93. The van der Waals surface area contributed by atoms with Crippen molar-refractivity contribution in [1.82, 2.24) is 0 Å². The first kappa shape index (κ1) is 19.4. The van der Waals surface area contributed by atoms with Crippen molar-refractivity contribution in [3.8, 4) is 0 Å². The zero-order valence-electron chi connectivity index (χ0n) is 17.8. The maximum atomic E-state index is 12.1. The van der Waals surface area contributed by atoms with Gasteiger partial charge in [0.05, 0.1) is 4.92 Å². The molecule has 0 unspecified atom stereocenters. The zero-order chi connectivity index (χ0) is 21.0. The van der Waals surface area contributed by atoms with E-state index in [1.54, 1.807) is 0 Å². The number of nitrogens with zero attached hydrogens (tertiary/aromatic N) is 2. The first-order valence-corrected chi connectivity index (χ1v) is 10.2. The minimum absolute atomic E-state index is 0.00563. The van der Waals surface area contributed by atoms with Crippen molar-refractivity contribution in [1.29, 1.82) is 0 Å². The molecule has 0 atom stereocenters. The van der Waals surface area contributed by atoms with Crippen LogP contribution in [0.2, 0.25) is 0 Å². The predicted octanol–water partition coefficient (Wildman–Crippen LogP) is 6.86. The van der Waals surface area contributed by atoms with Crippen LogP contribution in [0.3, 0.4) is 0 Å². The normalized spacial score (nSPS) is 17.0. The molecule has 1 aliphatic rings. The van der Waals surface area contributed by atoms with Crippen LogP contribution in [-0.2, 0) is 10.8 Å². The Morgan fingerprint density at radius 1 is 0.862 bits per heavy atom. The fourth-order valence-corrected chi connectivity index (χ4v) is 4.64. The number of rotatable bonds is 3. The van der Waals surface area contributed by atoms with Gasteiger partial charge in [0.1, 0.15) is 5.69 Å². The zero-order valence-corrected chi connectivity index (χ0v) is 17.8. The van der Waals surface area contributed by atoms with Gasteiger partial charge >= 0.3 is 0 Å². The van der Waals surface area contributed by atoms with Gasteiger partial charge in [0.15, 0.2) is 0 Å². The summed E-state index contributed by atoms with van der Waals surface area (Å²) in [5.74, 6) is 0. The summed E-state index contributed by atoms with van der Waals surface area (Å²) in [5.41, 5.74) is 4.05. The Kier molecular flexibility index (Phi) is 4.41. The lowest BCUT2D eigenvalue weighted by Crippen LogP contribution is -2.34. The van der Waals surface area contributed by atoms with E-state index in [1.807, 2.05) is 42.3 Å². The minimum Gasteiger partial charge on any atom is -0.339 e. The average Bonchev–Trinajstić information content (AvgIpc) is 2.69. The summed E-state index contributed by atoms with van der Waals surface area (Å²) in [6.07, 6.45) is 2.10. The number of nitro groups is 1. The Morgan fingerprint density at radius 2 is 1.45 bits per heavy atom. The molecule has 0 spiro atoms. The fraction of sp³-hybridized carbons (Fsp3) is 0.360. The monoisotopic (exact) mass is 388 g/mol. The van der Waals surface area contributed by atoms with E-state index < -0.39 is 0 Å². The van der Waals surface area contributed by atoms with Crippen molar-refractivity contribution in [2.45, 2.75) is 51.4 Å². The van der Waals surface area contributed by atoms with E-state index in [0.29, 0.717) is 5.69 Å². The van der Waals surface area contributed by atoms with E-state index >= 15 is 0 Å². The molecule has 0 saturated carbocycles. The van der Waals surface area contributed by atoms with Gasteiger partial charge in [-0.2, -0.15) is 0 Å². The van der Waals surface area contributed by atoms with E-state index in [0.717, 1.165) is 34.9 Å². The Hall–Kier alpha value is -2.88. The molecule has 3 aromatic rings. The molecule has 4 nitrogen and oxygen atoms in total. The highest BCUT2D eigenvalue weighted by molar-refractivity contribution is 5.96.